The highest BCUT2D eigenvalue weighted by Gasteiger charge is 2.32. The van der Waals surface area contributed by atoms with Crippen LogP contribution in [-0.4, -0.2) is 15.8 Å². The SMILES string of the molecule is FC(F)(F)c1cnn(Cc2ccc(CNC3CC3)cc2)c1. The van der Waals surface area contributed by atoms with Gasteiger partial charge in [0.25, 0.3) is 0 Å². The molecular formula is C15H16F3N3. The van der Waals surface area contributed by atoms with Gasteiger partial charge in [-0.25, -0.2) is 0 Å². The van der Waals surface area contributed by atoms with Crippen LogP contribution in [0.5, 0.6) is 0 Å². The van der Waals surface area contributed by atoms with E-state index >= 15 is 0 Å². The van der Waals surface area contributed by atoms with Gasteiger partial charge < -0.3 is 5.32 Å². The Bertz CT molecular complexity index is 597. The summed E-state index contributed by atoms with van der Waals surface area (Å²) in [6, 6.07) is 8.52. The van der Waals surface area contributed by atoms with Crippen LogP contribution in [0.4, 0.5) is 13.2 Å². The molecule has 112 valence electrons. The summed E-state index contributed by atoms with van der Waals surface area (Å²) >= 11 is 0. The first-order valence-corrected chi connectivity index (χ1v) is 6.91. The molecule has 1 aromatic carbocycles. The Balaban J connectivity index is 1.60. The maximum absolute atomic E-state index is 12.5. The average molecular weight is 295 g/mol. The Morgan fingerprint density at radius 2 is 1.81 bits per heavy atom. The van der Waals surface area contributed by atoms with E-state index in [0.717, 1.165) is 24.5 Å². The normalized spacial score (nSPS) is 15.4. The summed E-state index contributed by atoms with van der Waals surface area (Å²) in [6.45, 7) is 1.18. The summed E-state index contributed by atoms with van der Waals surface area (Å²) < 4.78 is 38.8. The molecule has 1 aliphatic rings. The van der Waals surface area contributed by atoms with Gasteiger partial charge in [0.2, 0.25) is 0 Å². The zero-order valence-electron chi connectivity index (χ0n) is 11.4. The van der Waals surface area contributed by atoms with Crippen molar-refractivity contribution in [2.45, 2.75) is 38.1 Å². The van der Waals surface area contributed by atoms with Gasteiger partial charge in [-0.2, -0.15) is 18.3 Å². The van der Waals surface area contributed by atoms with E-state index in [1.165, 1.54) is 23.1 Å². The fraction of sp³-hybridized carbons (Fsp3) is 0.400. The molecule has 1 fully saturated rings. The molecule has 0 saturated heterocycles. The Morgan fingerprint density at radius 3 is 2.38 bits per heavy atom. The fourth-order valence-electron chi connectivity index (χ4n) is 2.10. The minimum atomic E-state index is -4.34. The largest absolute Gasteiger partial charge is 0.419 e. The second kappa shape index (κ2) is 5.52. The zero-order chi connectivity index (χ0) is 14.9. The van der Waals surface area contributed by atoms with Crippen LogP contribution in [0.25, 0.3) is 0 Å². The monoisotopic (exact) mass is 295 g/mol. The summed E-state index contributed by atoms with van der Waals surface area (Å²) in [4.78, 5) is 0. The van der Waals surface area contributed by atoms with Gasteiger partial charge >= 0.3 is 6.18 Å². The van der Waals surface area contributed by atoms with E-state index in [9.17, 15) is 13.2 Å². The number of alkyl halides is 3. The van der Waals surface area contributed by atoms with E-state index < -0.39 is 11.7 Å². The maximum Gasteiger partial charge on any atom is 0.419 e. The van der Waals surface area contributed by atoms with Crippen LogP contribution in [0.15, 0.2) is 36.7 Å². The molecule has 3 nitrogen and oxygen atoms in total. The zero-order valence-corrected chi connectivity index (χ0v) is 11.4. The van der Waals surface area contributed by atoms with Gasteiger partial charge in [0.15, 0.2) is 0 Å². The van der Waals surface area contributed by atoms with Crippen LogP contribution >= 0.6 is 0 Å². The first-order chi connectivity index (χ1) is 10.0. The minimum absolute atomic E-state index is 0.340. The Kier molecular flexibility index (Phi) is 3.71. The van der Waals surface area contributed by atoms with Gasteiger partial charge in [-0.1, -0.05) is 24.3 Å². The summed E-state index contributed by atoms with van der Waals surface area (Å²) in [5.74, 6) is 0. The number of rotatable bonds is 5. The predicted octanol–water partition coefficient (Wildman–Crippen LogP) is 3.20. The molecule has 0 atom stereocenters. The second-order valence-corrected chi connectivity index (χ2v) is 5.40. The molecule has 21 heavy (non-hydrogen) atoms. The Morgan fingerprint density at radius 1 is 1.14 bits per heavy atom. The third-order valence-corrected chi connectivity index (χ3v) is 3.50. The number of aromatic nitrogens is 2. The predicted molar refractivity (Wildman–Crippen MR) is 72.6 cm³/mol. The van der Waals surface area contributed by atoms with Crippen molar-refractivity contribution < 1.29 is 13.2 Å². The van der Waals surface area contributed by atoms with Gasteiger partial charge in [-0.3, -0.25) is 4.68 Å². The molecule has 3 rings (SSSR count). The highest BCUT2D eigenvalue weighted by molar-refractivity contribution is 5.23. The molecule has 1 heterocycles. The third-order valence-electron chi connectivity index (χ3n) is 3.50. The molecule has 1 aromatic heterocycles. The lowest BCUT2D eigenvalue weighted by molar-refractivity contribution is -0.137. The van der Waals surface area contributed by atoms with Crippen molar-refractivity contribution in [2.75, 3.05) is 0 Å². The van der Waals surface area contributed by atoms with E-state index in [1.807, 2.05) is 24.3 Å². The average Bonchev–Trinajstić information content (AvgIpc) is 3.14. The molecule has 0 amide bonds. The lowest BCUT2D eigenvalue weighted by Gasteiger charge is -2.06. The molecule has 0 unspecified atom stereocenters. The van der Waals surface area contributed by atoms with Crippen molar-refractivity contribution in [3.8, 4) is 0 Å². The topological polar surface area (TPSA) is 29.9 Å². The van der Waals surface area contributed by atoms with Gasteiger partial charge in [-0.05, 0) is 24.0 Å². The van der Waals surface area contributed by atoms with Crippen molar-refractivity contribution in [3.05, 3.63) is 53.3 Å². The van der Waals surface area contributed by atoms with Gasteiger partial charge in [0, 0.05) is 18.8 Å². The lowest BCUT2D eigenvalue weighted by atomic mass is 10.1. The number of nitrogens with one attached hydrogen (secondary N) is 1. The smallest absolute Gasteiger partial charge is 0.310 e. The standard InChI is InChI=1S/C15H16F3N3/c16-15(17,18)13-8-20-21(10-13)9-12-3-1-11(2-4-12)7-19-14-5-6-14/h1-4,8,10,14,19H,5-7,9H2. The van der Waals surface area contributed by atoms with Crippen LogP contribution in [0, 0.1) is 0 Å². The summed E-state index contributed by atoms with van der Waals surface area (Å²) in [7, 11) is 0. The molecule has 0 spiro atoms. The van der Waals surface area contributed by atoms with Crippen LogP contribution in [0.1, 0.15) is 29.5 Å². The highest BCUT2D eigenvalue weighted by atomic mass is 19.4. The minimum Gasteiger partial charge on any atom is -0.310 e. The molecule has 1 N–H and O–H groups in total. The quantitative estimate of drug-likeness (QED) is 0.918. The van der Waals surface area contributed by atoms with E-state index in [-0.39, 0.29) is 0 Å². The van der Waals surface area contributed by atoms with Crippen LogP contribution in [-0.2, 0) is 19.3 Å². The number of nitrogens with zero attached hydrogens (tertiary/aromatic N) is 2. The molecule has 6 heteroatoms. The third kappa shape index (κ3) is 3.85. The Hall–Kier alpha value is -1.82. The van der Waals surface area contributed by atoms with Gasteiger partial charge in [0.05, 0.1) is 18.3 Å². The van der Waals surface area contributed by atoms with Crippen molar-refractivity contribution in [3.63, 3.8) is 0 Å². The van der Waals surface area contributed by atoms with Crippen molar-refractivity contribution >= 4 is 0 Å². The van der Waals surface area contributed by atoms with Gasteiger partial charge in [-0.15, -0.1) is 0 Å². The summed E-state index contributed by atoms with van der Waals surface area (Å²) in [6.07, 6.45) is 0.0465. The lowest BCUT2D eigenvalue weighted by Crippen LogP contribution is -2.15. The number of hydrogen-bond donors (Lipinski definition) is 1. The van der Waals surface area contributed by atoms with E-state index in [2.05, 4.69) is 10.4 Å². The summed E-state index contributed by atoms with van der Waals surface area (Å²) in [5.41, 5.74) is 1.40. The molecular weight excluding hydrogens is 279 g/mol. The van der Waals surface area contributed by atoms with Crippen LogP contribution in [0.3, 0.4) is 0 Å². The van der Waals surface area contributed by atoms with Crippen molar-refractivity contribution in [2.24, 2.45) is 0 Å². The van der Waals surface area contributed by atoms with Crippen molar-refractivity contribution in [1.29, 1.82) is 0 Å². The van der Waals surface area contributed by atoms with Crippen molar-refractivity contribution in [1.82, 2.24) is 15.1 Å². The van der Waals surface area contributed by atoms with E-state index in [1.54, 1.807) is 0 Å². The number of hydrogen-bond acceptors (Lipinski definition) is 2. The first kappa shape index (κ1) is 14.1. The van der Waals surface area contributed by atoms with Crippen LogP contribution in [0.2, 0.25) is 0 Å². The molecule has 1 aliphatic carbocycles. The van der Waals surface area contributed by atoms with Crippen LogP contribution < -0.4 is 5.32 Å². The molecule has 0 aliphatic heterocycles. The summed E-state index contributed by atoms with van der Waals surface area (Å²) in [5, 5.41) is 7.17. The maximum atomic E-state index is 12.5. The van der Waals surface area contributed by atoms with Gasteiger partial charge in [0.1, 0.15) is 0 Å². The van der Waals surface area contributed by atoms with E-state index in [0.29, 0.717) is 12.6 Å². The number of benzene rings is 1. The molecule has 1 saturated carbocycles. The highest BCUT2D eigenvalue weighted by Crippen LogP contribution is 2.28. The Labute approximate surface area is 120 Å². The molecule has 2 aromatic rings. The fourth-order valence-corrected chi connectivity index (χ4v) is 2.10. The second-order valence-electron chi connectivity index (χ2n) is 5.40. The first-order valence-electron chi connectivity index (χ1n) is 6.91. The molecule has 0 radical (unpaired) electrons. The number of halogens is 3. The van der Waals surface area contributed by atoms with E-state index in [4.69, 9.17) is 0 Å². The molecule has 0 bridgehead atoms.